The van der Waals surface area contributed by atoms with E-state index in [2.05, 4.69) is 15.3 Å². The van der Waals surface area contributed by atoms with Crippen molar-refractivity contribution in [1.82, 2.24) is 9.97 Å². The molecule has 0 unspecified atom stereocenters. The van der Waals surface area contributed by atoms with E-state index in [0.29, 0.717) is 0 Å². The Morgan fingerprint density at radius 3 is 2.41 bits per heavy atom. The molecule has 0 amide bonds. The van der Waals surface area contributed by atoms with Crippen molar-refractivity contribution < 1.29 is 0 Å². The number of hydrogen-bond donors (Lipinski definition) is 1. The normalized spacial score (nSPS) is 14.6. The zero-order valence-corrected chi connectivity index (χ0v) is 9.63. The predicted molar refractivity (Wildman–Crippen MR) is 68.7 cm³/mol. The molecule has 86 valence electrons. The summed E-state index contributed by atoms with van der Waals surface area (Å²) in [6.45, 7) is 1.05. The highest BCUT2D eigenvalue weighted by atomic mass is 15.0. The van der Waals surface area contributed by atoms with Crippen molar-refractivity contribution in [2.75, 3.05) is 11.9 Å². The average Bonchev–Trinajstić information content (AvgIpc) is 3.22. The van der Waals surface area contributed by atoms with Gasteiger partial charge in [-0.1, -0.05) is 30.3 Å². The Balaban J connectivity index is 1.70. The van der Waals surface area contributed by atoms with Gasteiger partial charge >= 0.3 is 0 Å². The highest BCUT2D eigenvalue weighted by Crippen LogP contribution is 2.28. The van der Waals surface area contributed by atoms with Crippen LogP contribution in [0.1, 0.15) is 12.8 Å². The minimum atomic E-state index is 0.780. The summed E-state index contributed by atoms with van der Waals surface area (Å²) in [7, 11) is 0. The first-order chi connectivity index (χ1) is 8.42. The van der Waals surface area contributed by atoms with Crippen LogP contribution in [-0.4, -0.2) is 16.5 Å². The van der Waals surface area contributed by atoms with Crippen LogP contribution in [-0.2, 0) is 0 Å². The highest BCUT2D eigenvalue weighted by Gasteiger charge is 2.20. The molecule has 3 nitrogen and oxygen atoms in total. The molecule has 1 aliphatic carbocycles. The fourth-order valence-electron chi connectivity index (χ4n) is 1.74. The number of anilines is 1. The van der Waals surface area contributed by atoms with Gasteiger partial charge < -0.3 is 5.32 Å². The lowest BCUT2D eigenvalue weighted by atomic mass is 10.2. The summed E-state index contributed by atoms with van der Waals surface area (Å²) in [5.74, 6) is 1.64. The molecular weight excluding hydrogens is 210 g/mol. The lowest BCUT2D eigenvalue weighted by Crippen LogP contribution is -2.04. The standard InChI is InChI=1S/C14H15N3/c1-2-4-12(5-3-1)14-16-9-13(10-17-14)15-8-11-6-7-11/h1-5,9-11,15H,6-8H2. The van der Waals surface area contributed by atoms with Crippen LogP contribution >= 0.6 is 0 Å². The van der Waals surface area contributed by atoms with Crippen LogP contribution in [0.3, 0.4) is 0 Å². The Morgan fingerprint density at radius 1 is 1.06 bits per heavy atom. The van der Waals surface area contributed by atoms with Crippen LogP contribution in [0.4, 0.5) is 5.69 Å². The Kier molecular flexibility index (Phi) is 2.74. The van der Waals surface area contributed by atoms with Gasteiger partial charge in [0.1, 0.15) is 0 Å². The maximum atomic E-state index is 4.37. The van der Waals surface area contributed by atoms with E-state index in [-0.39, 0.29) is 0 Å². The Bertz CT molecular complexity index is 475. The second-order valence-electron chi connectivity index (χ2n) is 4.49. The van der Waals surface area contributed by atoms with E-state index in [9.17, 15) is 0 Å². The summed E-state index contributed by atoms with van der Waals surface area (Å²) in [5.41, 5.74) is 2.07. The molecule has 1 N–H and O–H groups in total. The quantitative estimate of drug-likeness (QED) is 0.869. The molecule has 1 aliphatic rings. The first kappa shape index (κ1) is 10.3. The van der Waals surface area contributed by atoms with Gasteiger partial charge in [-0.2, -0.15) is 0 Å². The third-order valence-electron chi connectivity index (χ3n) is 2.98. The minimum absolute atomic E-state index is 0.780. The molecule has 3 heteroatoms. The lowest BCUT2D eigenvalue weighted by molar-refractivity contribution is 0.886. The number of hydrogen-bond acceptors (Lipinski definition) is 3. The van der Waals surface area contributed by atoms with E-state index >= 15 is 0 Å². The molecule has 0 atom stereocenters. The van der Waals surface area contributed by atoms with Crippen LogP contribution in [0.15, 0.2) is 42.7 Å². The van der Waals surface area contributed by atoms with Crippen molar-refractivity contribution in [2.45, 2.75) is 12.8 Å². The molecule has 0 bridgehead atoms. The second kappa shape index (κ2) is 4.53. The molecule has 0 aliphatic heterocycles. The van der Waals surface area contributed by atoms with E-state index in [1.807, 2.05) is 42.7 Å². The third-order valence-corrected chi connectivity index (χ3v) is 2.98. The lowest BCUT2D eigenvalue weighted by Gasteiger charge is -2.05. The van der Waals surface area contributed by atoms with Crippen molar-refractivity contribution in [1.29, 1.82) is 0 Å². The van der Waals surface area contributed by atoms with Crippen molar-refractivity contribution in [3.8, 4) is 11.4 Å². The zero-order valence-electron chi connectivity index (χ0n) is 9.63. The van der Waals surface area contributed by atoms with Gasteiger partial charge in [0.05, 0.1) is 18.1 Å². The van der Waals surface area contributed by atoms with Crippen molar-refractivity contribution >= 4 is 5.69 Å². The van der Waals surface area contributed by atoms with Gasteiger partial charge in [0.15, 0.2) is 5.82 Å². The molecule has 1 saturated carbocycles. The molecular formula is C14H15N3. The largest absolute Gasteiger partial charge is 0.382 e. The van der Waals surface area contributed by atoms with Crippen LogP contribution in [0.5, 0.6) is 0 Å². The Labute approximate surface area is 101 Å². The fraction of sp³-hybridized carbons (Fsp3) is 0.286. The number of nitrogens with one attached hydrogen (secondary N) is 1. The summed E-state index contributed by atoms with van der Waals surface area (Å²) in [6, 6.07) is 10.0. The number of rotatable bonds is 4. The average molecular weight is 225 g/mol. The number of benzene rings is 1. The topological polar surface area (TPSA) is 37.8 Å². The van der Waals surface area contributed by atoms with Crippen molar-refractivity contribution in [3.05, 3.63) is 42.7 Å². The van der Waals surface area contributed by atoms with E-state index in [4.69, 9.17) is 0 Å². The molecule has 17 heavy (non-hydrogen) atoms. The first-order valence-electron chi connectivity index (χ1n) is 6.03. The molecule has 3 rings (SSSR count). The maximum absolute atomic E-state index is 4.37. The molecule has 1 heterocycles. The van der Waals surface area contributed by atoms with Gasteiger partial charge in [0, 0.05) is 12.1 Å². The molecule has 2 aromatic rings. The van der Waals surface area contributed by atoms with E-state index in [0.717, 1.165) is 29.5 Å². The van der Waals surface area contributed by atoms with Crippen LogP contribution in [0.2, 0.25) is 0 Å². The monoisotopic (exact) mass is 225 g/mol. The molecule has 0 saturated heterocycles. The summed E-state index contributed by atoms with van der Waals surface area (Å²) in [4.78, 5) is 8.75. The van der Waals surface area contributed by atoms with E-state index in [1.165, 1.54) is 12.8 Å². The van der Waals surface area contributed by atoms with Gasteiger partial charge in [-0.3, -0.25) is 0 Å². The summed E-state index contributed by atoms with van der Waals surface area (Å²) in [6.07, 6.45) is 6.43. The predicted octanol–water partition coefficient (Wildman–Crippen LogP) is 2.97. The molecule has 1 aromatic carbocycles. The molecule has 0 spiro atoms. The van der Waals surface area contributed by atoms with Crippen molar-refractivity contribution in [2.24, 2.45) is 5.92 Å². The van der Waals surface area contributed by atoms with Crippen LogP contribution < -0.4 is 5.32 Å². The second-order valence-corrected chi connectivity index (χ2v) is 4.49. The summed E-state index contributed by atoms with van der Waals surface area (Å²) in [5, 5.41) is 3.36. The van der Waals surface area contributed by atoms with Crippen LogP contribution in [0.25, 0.3) is 11.4 Å². The molecule has 1 aromatic heterocycles. The maximum Gasteiger partial charge on any atom is 0.159 e. The highest BCUT2D eigenvalue weighted by molar-refractivity contribution is 5.55. The zero-order chi connectivity index (χ0) is 11.5. The van der Waals surface area contributed by atoms with Gasteiger partial charge in [0.2, 0.25) is 0 Å². The SMILES string of the molecule is c1ccc(-c2ncc(NCC3CC3)cn2)cc1. The number of nitrogens with zero attached hydrogens (tertiary/aromatic N) is 2. The summed E-state index contributed by atoms with van der Waals surface area (Å²) < 4.78 is 0. The van der Waals surface area contributed by atoms with Gasteiger partial charge in [-0.15, -0.1) is 0 Å². The van der Waals surface area contributed by atoms with Gasteiger partial charge in [0.25, 0.3) is 0 Å². The summed E-state index contributed by atoms with van der Waals surface area (Å²) >= 11 is 0. The smallest absolute Gasteiger partial charge is 0.159 e. The first-order valence-corrected chi connectivity index (χ1v) is 6.03. The van der Waals surface area contributed by atoms with E-state index in [1.54, 1.807) is 0 Å². The number of aromatic nitrogens is 2. The Hall–Kier alpha value is -1.90. The van der Waals surface area contributed by atoms with Crippen LogP contribution in [0, 0.1) is 5.92 Å². The van der Waals surface area contributed by atoms with Crippen molar-refractivity contribution in [3.63, 3.8) is 0 Å². The van der Waals surface area contributed by atoms with Gasteiger partial charge in [-0.25, -0.2) is 9.97 Å². The fourth-order valence-corrected chi connectivity index (χ4v) is 1.74. The Morgan fingerprint density at radius 2 is 1.76 bits per heavy atom. The van der Waals surface area contributed by atoms with Gasteiger partial charge in [-0.05, 0) is 18.8 Å². The molecule has 0 radical (unpaired) electrons. The molecule has 1 fully saturated rings. The minimum Gasteiger partial charge on any atom is -0.382 e. The third kappa shape index (κ3) is 2.61. The van der Waals surface area contributed by atoms with E-state index < -0.39 is 0 Å².